The molecule has 0 aromatic rings. The third-order valence-corrected chi connectivity index (χ3v) is 13.8. The SMILES string of the molecule is CCCCCCCCCCCCCCCOC(=O)CCCCCCC(CCC(=O)OCCCCCCCCCCCCCCC)CCC(=O)OCCCCCCCCCCCCCCC. The Hall–Kier alpha value is -1.59. The molecule has 0 aromatic heterocycles. The van der Waals surface area contributed by atoms with Crippen LogP contribution in [0, 0.1) is 5.92 Å². The summed E-state index contributed by atoms with van der Waals surface area (Å²) in [6.45, 7) is 8.43. The summed E-state index contributed by atoms with van der Waals surface area (Å²) in [5.41, 5.74) is 0. The van der Waals surface area contributed by atoms with Crippen LogP contribution in [-0.4, -0.2) is 37.7 Å². The van der Waals surface area contributed by atoms with E-state index in [1.54, 1.807) is 0 Å². The van der Waals surface area contributed by atoms with Gasteiger partial charge in [-0.25, -0.2) is 0 Å². The Labute approximate surface area is 406 Å². The van der Waals surface area contributed by atoms with E-state index in [9.17, 15) is 14.4 Å². The minimum Gasteiger partial charge on any atom is -0.466 e. The molecule has 386 valence electrons. The first-order valence-corrected chi connectivity index (χ1v) is 29.5. The maximum Gasteiger partial charge on any atom is 0.305 e. The normalized spacial score (nSPS) is 11.4. The molecule has 0 fully saturated rings. The van der Waals surface area contributed by atoms with Crippen molar-refractivity contribution in [3.05, 3.63) is 0 Å². The number of rotatable bonds is 55. The average molecular weight is 920 g/mol. The maximum absolute atomic E-state index is 12.7. The fourth-order valence-electron chi connectivity index (χ4n) is 9.27. The van der Waals surface area contributed by atoms with Crippen LogP contribution in [0.5, 0.6) is 0 Å². The first-order valence-electron chi connectivity index (χ1n) is 29.5. The minimum absolute atomic E-state index is 0.0588. The highest BCUT2D eigenvalue weighted by Gasteiger charge is 2.15. The Balaban J connectivity index is 4.25. The topological polar surface area (TPSA) is 78.9 Å². The van der Waals surface area contributed by atoms with Crippen molar-refractivity contribution in [2.75, 3.05) is 19.8 Å². The molecule has 0 N–H and O–H groups in total. The summed E-state index contributed by atoms with van der Waals surface area (Å²) in [6, 6.07) is 0. The summed E-state index contributed by atoms with van der Waals surface area (Å²) in [4.78, 5) is 37.7. The van der Waals surface area contributed by atoms with Crippen LogP contribution in [0.3, 0.4) is 0 Å². The molecule has 0 rings (SSSR count). The van der Waals surface area contributed by atoms with Crippen molar-refractivity contribution in [2.45, 2.75) is 335 Å². The Bertz CT molecular complexity index is 919. The molecule has 6 nitrogen and oxygen atoms in total. The number of ether oxygens (including phenoxy) is 3. The highest BCUT2D eigenvalue weighted by Crippen LogP contribution is 2.23. The molecule has 0 bridgehead atoms. The third-order valence-electron chi connectivity index (χ3n) is 13.8. The molecule has 0 spiro atoms. The van der Waals surface area contributed by atoms with Gasteiger partial charge in [-0.1, -0.05) is 278 Å². The molecule has 65 heavy (non-hydrogen) atoms. The van der Waals surface area contributed by atoms with Crippen molar-refractivity contribution in [2.24, 2.45) is 5.92 Å². The van der Waals surface area contributed by atoms with Crippen molar-refractivity contribution < 1.29 is 28.6 Å². The van der Waals surface area contributed by atoms with Crippen LogP contribution in [0.2, 0.25) is 0 Å². The largest absolute Gasteiger partial charge is 0.466 e. The molecule has 0 saturated heterocycles. The lowest BCUT2D eigenvalue weighted by Gasteiger charge is -2.16. The van der Waals surface area contributed by atoms with E-state index in [0.29, 0.717) is 45.0 Å². The monoisotopic (exact) mass is 919 g/mol. The van der Waals surface area contributed by atoms with E-state index < -0.39 is 0 Å². The molecule has 0 atom stereocenters. The molecule has 0 heterocycles. The second kappa shape index (κ2) is 55.0. The van der Waals surface area contributed by atoms with Crippen molar-refractivity contribution in [1.29, 1.82) is 0 Å². The molecule has 0 unspecified atom stereocenters. The van der Waals surface area contributed by atoms with Gasteiger partial charge in [0.1, 0.15) is 0 Å². The minimum atomic E-state index is -0.101. The number of esters is 3. The van der Waals surface area contributed by atoms with E-state index in [1.807, 2.05) is 0 Å². The number of carbonyl (C=O) groups excluding carboxylic acids is 3. The van der Waals surface area contributed by atoms with E-state index in [0.717, 1.165) is 83.5 Å². The molecule has 0 amide bonds. The van der Waals surface area contributed by atoms with E-state index in [4.69, 9.17) is 14.2 Å². The van der Waals surface area contributed by atoms with Crippen LogP contribution in [0.15, 0.2) is 0 Å². The van der Waals surface area contributed by atoms with E-state index in [2.05, 4.69) is 20.8 Å². The average Bonchev–Trinajstić information content (AvgIpc) is 3.30. The zero-order valence-electron chi connectivity index (χ0n) is 44.3. The zero-order chi connectivity index (χ0) is 47.2. The van der Waals surface area contributed by atoms with Gasteiger partial charge in [-0.2, -0.15) is 0 Å². The first kappa shape index (κ1) is 63.4. The van der Waals surface area contributed by atoms with Gasteiger partial charge in [0.2, 0.25) is 0 Å². The summed E-state index contributed by atoms with van der Waals surface area (Å²) in [7, 11) is 0. The smallest absolute Gasteiger partial charge is 0.305 e. The van der Waals surface area contributed by atoms with Gasteiger partial charge in [0, 0.05) is 19.3 Å². The summed E-state index contributed by atoms with van der Waals surface area (Å²) < 4.78 is 16.8. The van der Waals surface area contributed by atoms with Crippen molar-refractivity contribution in [3.8, 4) is 0 Å². The molecule has 0 saturated carbocycles. The molecular weight excluding hydrogens is 805 g/mol. The third kappa shape index (κ3) is 53.2. The van der Waals surface area contributed by atoms with Crippen LogP contribution < -0.4 is 0 Å². The summed E-state index contributed by atoms with van der Waals surface area (Å²) >= 11 is 0. The molecule has 0 aromatic carbocycles. The van der Waals surface area contributed by atoms with Gasteiger partial charge in [-0.15, -0.1) is 0 Å². The van der Waals surface area contributed by atoms with Gasteiger partial charge in [-0.05, 0) is 44.4 Å². The number of carbonyl (C=O) groups is 3. The van der Waals surface area contributed by atoms with Crippen LogP contribution in [-0.2, 0) is 28.6 Å². The predicted molar refractivity (Wildman–Crippen MR) is 280 cm³/mol. The van der Waals surface area contributed by atoms with Crippen LogP contribution >= 0.6 is 0 Å². The van der Waals surface area contributed by atoms with Crippen LogP contribution in [0.25, 0.3) is 0 Å². The highest BCUT2D eigenvalue weighted by atomic mass is 16.5. The van der Waals surface area contributed by atoms with Crippen LogP contribution in [0.4, 0.5) is 0 Å². The van der Waals surface area contributed by atoms with Gasteiger partial charge < -0.3 is 14.2 Å². The Kier molecular flexibility index (Phi) is 53.7. The van der Waals surface area contributed by atoms with E-state index >= 15 is 0 Å². The Morgan fingerprint density at radius 3 is 0.738 bits per heavy atom. The molecular formula is C59H114O6. The van der Waals surface area contributed by atoms with Crippen molar-refractivity contribution in [3.63, 3.8) is 0 Å². The molecule has 0 aliphatic carbocycles. The van der Waals surface area contributed by atoms with E-state index in [1.165, 1.54) is 212 Å². The van der Waals surface area contributed by atoms with Gasteiger partial charge in [0.15, 0.2) is 0 Å². The second-order valence-electron chi connectivity index (χ2n) is 20.3. The maximum atomic E-state index is 12.7. The molecule has 0 radical (unpaired) electrons. The fourth-order valence-corrected chi connectivity index (χ4v) is 9.27. The summed E-state index contributed by atoms with van der Waals surface area (Å²) in [6.07, 6.45) is 58.8. The predicted octanol–water partition coefficient (Wildman–Crippen LogP) is 19.4. The quantitative estimate of drug-likeness (QED) is 0.0344. The second-order valence-corrected chi connectivity index (χ2v) is 20.3. The standard InChI is InChI=1S/C59H114O6/c1-4-7-10-13-16-19-22-25-28-31-34-39-44-53-63-57(60)48-43-38-37-42-47-56(49-51-58(61)64-54-45-40-35-32-29-26-23-20-17-14-11-8-5-2)50-52-59(62)65-55-46-41-36-33-30-27-24-21-18-15-12-9-6-3/h56H,4-55H2,1-3H3. The lowest BCUT2D eigenvalue weighted by atomic mass is 9.91. The summed E-state index contributed by atoms with van der Waals surface area (Å²) in [5, 5.41) is 0. The lowest BCUT2D eigenvalue weighted by Crippen LogP contribution is -2.12. The fraction of sp³-hybridized carbons (Fsp3) is 0.949. The van der Waals surface area contributed by atoms with Gasteiger partial charge in [0.05, 0.1) is 19.8 Å². The number of hydrogen-bond acceptors (Lipinski definition) is 6. The number of hydrogen-bond donors (Lipinski definition) is 0. The van der Waals surface area contributed by atoms with Crippen molar-refractivity contribution >= 4 is 17.9 Å². The van der Waals surface area contributed by atoms with Crippen LogP contribution in [0.1, 0.15) is 335 Å². The summed E-state index contributed by atoms with van der Waals surface area (Å²) in [5.74, 6) is 0.0389. The highest BCUT2D eigenvalue weighted by molar-refractivity contribution is 5.70. The Morgan fingerprint density at radius 1 is 0.246 bits per heavy atom. The lowest BCUT2D eigenvalue weighted by molar-refractivity contribution is -0.145. The van der Waals surface area contributed by atoms with Gasteiger partial charge in [-0.3, -0.25) is 14.4 Å². The van der Waals surface area contributed by atoms with Crippen molar-refractivity contribution in [1.82, 2.24) is 0 Å². The zero-order valence-corrected chi connectivity index (χ0v) is 44.3. The van der Waals surface area contributed by atoms with Gasteiger partial charge >= 0.3 is 17.9 Å². The Morgan fingerprint density at radius 2 is 0.462 bits per heavy atom. The molecule has 6 heteroatoms. The number of unbranched alkanes of at least 4 members (excludes halogenated alkanes) is 39. The molecule has 0 aliphatic heterocycles. The van der Waals surface area contributed by atoms with Gasteiger partial charge in [0.25, 0.3) is 0 Å². The first-order chi connectivity index (χ1) is 32.0. The van der Waals surface area contributed by atoms with E-state index in [-0.39, 0.29) is 17.9 Å². The molecule has 0 aliphatic rings.